The Kier molecular flexibility index (Phi) is 5.61. The van der Waals surface area contributed by atoms with Crippen LogP contribution in [0, 0.1) is 0 Å². The first-order valence-electron chi connectivity index (χ1n) is 9.44. The van der Waals surface area contributed by atoms with Crippen molar-refractivity contribution in [3.05, 3.63) is 64.4 Å². The summed E-state index contributed by atoms with van der Waals surface area (Å²) in [5.41, 5.74) is 2.22. The van der Waals surface area contributed by atoms with Gasteiger partial charge in [0.2, 0.25) is 0 Å². The quantitative estimate of drug-likeness (QED) is 0.279. The lowest BCUT2D eigenvalue weighted by atomic mass is 10.2. The third kappa shape index (κ3) is 3.48. The van der Waals surface area contributed by atoms with Crippen molar-refractivity contribution in [3.8, 4) is 5.75 Å². The smallest absolute Gasteiger partial charge is 0.278 e. The number of Topliss-reactive ketones (excluding diaryl/α,β-unsaturated/α-hetero) is 1. The molecule has 0 fully saturated rings. The zero-order valence-corrected chi connectivity index (χ0v) is 17.5. The summed E-state index contributed by atoms with van der Waals surface area (Å²) in [5, 5.41) is 10.7. The number of hydrogen-bond donors (Lipinski definition) is 1. The molecule has 0 saturated carbocycles. The number of aromatic nitrogens is 3. The largest absolute Gasteiger partial charge is 0.497 e. The Morgan fingerprint density at radius 1 is 1.20 bits per heavy atom. The van der Waals surface area contributed by atoms with E-state index in [1.165, 1.54) is 16.3 Å². The van der Waals surface area contributed by atoms with E-state index < -0.39 is 0 Å². The topological polar surface area (TPSA) is 86.3 Å². The molecule has 1 N–H and O–H groups in total. The van der Waals surface area contributed by atoms with Crippen LogP contribution in [0.5, 0.6) is 5.75 Å². The summed E-state index contributed by atoms with van der Waals surface area (Å²) in [7, 11) is 3.40. The molecule has 0 radical (unpaired) electrons. The minimum atomic E-state index is -0.249. The number of rotatable bonds is 7. The number of carbonyl (C=O) groups is 1. The molecular formula is C22H21N3O4S. The predicted octanol–water partition coefficient (Wildman–Crippen LogP) is 2.86. The average Bonchev–Trinajstić information content (AvgIpc) is 3.06. The lowest BCUT2D eigenvalue weighted by Crippen LogP contribution is -2.26. The fraction of sp³-hybridized carbons (Fsp3) is 0.227. The highest BCUT2D eigenvalue weighted by Crippen LogP contribution is 2.30. The minimum Gasteiger partial charge on any atom is -0.497 e. The Morgan fingerprint density at radius 3 is 2.67 bits per heavy atom. The monoisotopic (exact) mass is 423 g/mol. The van der Waals surface area contributed by atoms with Gasteiger partial charge >= 0.3 is 0 Å². The first-order chi connectivity index (χ1) is 14.5. The highest BCUT2D eigenvalue weighted by Gasteiger charge is 2.19. The second kappa shape index (κ2) is 8.33. The second-order valence-corrected chi connectivity index (χ2v) is 7.73. The first kappa shape index (κ1) is 20.2. The van der Waals surface area contributed by atoms with E-state index in [0.717, 1.165) is 10.9 Å². The summed E-state index contributed by atoms with van der Waals surface area (Å²) >= 11 is 1.20. The summed E-state index contributed by atoms with van der Waals surface area (Å²) in [6, 6.07) is 14.6. The van der Waals surface area contributed by atoms with Crippen LogP contribution in [-0.2, 0) is 13.6 Å². The van der Waals surface area contributed by atoms with Gasteiger partial charge < -0.3 is 14.4 Å². The molecule has 0 aliphatic heterocycles. The van der Waals surface area contributed by atoms with Gasteiger partial charge in [-0.3, -0.25) is 14.2 Å². The highest BCUT2D eigenvalue weighted by atomic mass is 32.2. The van der Waals surface area contributed by atoms with Gasteiger partial charge in [0.15, 0.2) is 10.9 Å². The Hall–Kier alpha value is -3.10. The number of thioether (sulfide) groups is 1. The van der Waals surface area contributed by atoms with Crippen LogP contribution in [0.4, 0.5) is 0 Å². The molecule has 7 nitrogen and oxygen atoms in total. The van der Waals surface area contributed by atoms with Crippen molar-refractivity contribution < 1.29 is 14.6 Å². The molecule has 0 bridgehead atoms. The van der Waals surface area contributed by atoms with Gasteiger partial charge in [-0.05, 0) is 18.2 Å². The predicted molar refractivity (Wildman–Crippen MR) is 118 cm³/mol. The molecular weight excluding hydrogens is 402 g/mol. The van der Waals surface area contributed by atoms with Crippen molar-refractivity contribution in [3.63, 3.8) is 0 Å². The third-order valence-electron chi connectivity index (χ3n) is 5.02. The zero-order valence-electron chi connectivity index (χ0n) is 16.7. The number of ether oxygens (including phenoxy) is 1. The molecule has 0 aliphatic rings. The molecule has 0 unspecified atom stereocenters. The van der Waals surface area contributed by atoms with E-state index in [4.69, 9.17) is 9.72 Å². The molecule has 4 aromatic rings. The second-order valence-electron chi connectivity index (χ2n) is 6.79. The number of aryl methyl sites for hydroxylation is 1. The third-order valence-corrected chi connectivity index (χ3v) is 5.99. The van der Waals surface area contributed by atoms with Gasteiger partial charge in [0, 0.05) is 18.0 Å². The summed E-state index contributed by atoms with van der Waals surface area (Å²) in [4.78, 5) is 30.5. The number of aliphatic hydroxyl groups excluding tert-OH is 1. The summed E-state index contributed by atoms with van der Waals surface area (Å²) < 4.78 is 8.56. The number of methoxy groups -OCH3 is 1. The van der Waals surface area contributed by atoms with Gasteiger partial charge in [0.25, 0.3) is 5.56 Å². The van der Waals surface area contributed by atoms with E-state index in [0.29, 0.717) is 27.5 Å². The van der Waals surface area contributed by atoms with E-state index in [2.05, 4.69) is 0 Å². The Bertz CT molecular complexity index is 1290. The van der Waals surface area contributed by atoms with E-state index >= 15 is 0 Å². The number of aliphatic hydroxyl groups is 1. The number of benzene rings is 2. The van der Waals surface area contributed by atoms with Gasteiger partial charge in [0.1, 0.15) is 16.8 Å². The Balaban J connectivity index is 1.83. The molecule has 2 aromatic heterocycles. The molecule has 2 aromatic carbocycles. The summed E-state index contributed by atoms with van der Waals surface area (Å²) in [6.07, 6.45) is 0. The van der Waals surface area contributed by atoms with E-state index in [-0.39, 0.29) is 30.2 Å². The molecule has 0 spiro atoms. The number of fused-ring (bicyclic) bond motifs is 3. The zero-order chi connectivity index (χ0) is 21.3. The van der Waals surface area contributed by atoms with Gasteiger partial charge in [-0.25, -0.2) is 4.98 Å². The number of carbonyl (C=O) groups excluding carboxylic acids is 1. The van der Waals surface area contributed by atoms with Crippen LogP contribution < -0.4 is 10.3 Å². The van der Waals surface area contributed by atoms with Gasteiger partial charge in [-0.2, -0.15) is 0 Å². The molecule has 0 saturated heterocycles. The van der Waals surface area contributed by atoms with Crippen molar-refractivity contribution in [2.45, 2.75) is 11.7 Å². The molecule has 0 aliphatic carbocycles. The summed E-state index contributed by atoms with van der Waals surface area (Å²) in [5.74, 6) is 0.761. The van der Waals surface area contributed by atoms with E-state index in [9.17, 15) is 14.7 Å². The minimum absolute atomic E-state index is 0.0508. The maximum Gasteiger partial charge on any atom is 0.278 e. The van der Waals surface area contributed by atoms with Crippen molar-refractivity contribution >= 4 is 39.5 Å². The van der Waals surface area contributed by atoms with Crippen LogP contribution in [0.3, 0.4) is 0 Å². The van der Waals surface area contributed by atoms with Crippen LogP contribution >= 0.6 is 11.8 Å². The SMILES string of the molecule is COc1ccc2c(c1)c1nc(SCC(=O)c3ccccc3)n(CCO)c(=O)c1n2C. The van der Waals surface area contributed by atoms with Crippen molar-refractivity contribution in [1.82, 2.24) is 14.1 Å². The molecule has 154 valence electrons. The molecule has 0 amide bonds. The Morgan fingerprint density at radius 2 is 1.97 bits per heavy atom. The first-order valence-corrected chi connectivity index (χ1v) is 10.4. The normalized spacial score (nSPS) is 11.3. The van der Waals surface area contributed by atoms with Crippen LogP contribution in [0.15, 0.2) is 58.5 Å². The number of ketones is 1. The van der Waals surface area contributed by atoms with Gasteiger partial charge in [-0.15, -0.1) is 0 Å². The lowest BCUT2D eigenvalue weighted by Gasteiger charge is -2.11. The van der Waals surface area contributed by atoms with Gasteiger partial charge in [-0.1, -0.05) is 42.1 Å². The molecule has 4 rings (SSSR count). The standard InChI is InChI=1S/C22H21N3O4S/c1-24-17-9-8-15(29-2)12-16(17)19-20(24)21(28)25(10-11-26)22(23-19)30-13-18(27)14-6-4-3-5-7-14/h3-9,12,26H,10-11,13H2,1-2H3. The van der Waals surface area contributed by atoms with Crippen LogP contribution in [0.2, 0.25) is 0 Å². The van der Waals surface area contributed by atoms with E-state index in [1.807, 2.05) is 43.4 Å². The molecule has 8 heteroatoms. The van der Waals surface area contributed by atoms with Crippen molar-refractivity contribution in [2.24, 2.45) is 7.05 Å². The van der Waals surface area contributed by atoms with Crippen LogP contribution in [-0.4, -0.2) is 44.5 Å². The maximum absolute atomic E-state index is 13.3. The number of nitrogens with zero attached hydrogens (tertiary/aromatic N) is 3. The highest BCUT2D eigenvalue weighted by molar-refractivity contribution is 7.99. The van der Waals surface area contributed by atoms with E-state index in [1.54, 1.807) is 23.8 Å². The molecule has 2 heterocycles. The summed E-state index contributed by atoms with van der Waals surface area (Å²) in [6.45, 7) is -0.0977. The van der Waals surface area contributed by atoms with Gasteiger partial charge in [0.05, 0.1) is 31.5 Å². The fourth-order valence-electron chi connectivity index (χ4n) is 3.50. The van der Waals surface area contributed by atoms with Crippen LogP contribution in [0.1, 0.15) is 10.4 Å². The van der Waals surface area contributed by atoms with Crippen molar-refractivity contribution in [1.29, 1.82) is 0 Å². The number of hydrogen-bond acceptors (Lipinski definition) is 6. The maximum atomic E-state index is 13.3. The molecule has 0 atom stereocenters. The molecule has 30 heavy (non-hydrogen) atoms. The Labute approximate surface area is 176 Å². The fourth-order valence-corrected chi connectivity index (χ4v) is 4.42. The van der Waals surface area contributed by atoms with Crippen molar-refractivity contribution in [2.75, 3.05) is 19.5 Å². The lowest BCUT2D eigenvalue weighted by molar-refractivity contribution is 0.102. The average molecular weight is 423 g/mol. The van der Waals surface area contributed by atoms with Crippen LogP contribution in [0.25, 0.3) is 21.9 Å².